The summed E-state index contributed by atoms with van der Waals surface area (Å²) in [7, 11) is 0. The topological polar surface area (TPSA) is 104 Å². The van der Waals surface area contributed by atoms with Gasteiger partial charge >= 0.3 is 0 Å². The number of nitrogens with one attached hydrogen (secondary N) is 2. The third kappa shape index (κ3) is 5.72. The van der Waals surface area contributed by atoms with E-state index < -0.39 is 21.4 Å². The van der Waals surface area contributed by atoms with E-state index in [9.17, 15) is 20.0 Å². The molecule has 0 saturated carbocycles. The minimum atomic E-state index is -0.680. The number of para-hydroxylation sites is 2. The van der Waals surface area contributed by atoms with Gasteiger partial charge in [0.1, 0.15) is 0 Å². The minimum Gasteiger partial charge on any atom is -0.632 e. The second-order valence-corrected chi connectivity index (χ2v) is 11.0. The molecular formula is C29H40N4O4. The van der Waals surface area contributed by atoms with Crippen LogP contribution in [0.25, 0.3) is 0 Å². The van der Waals surface area contributed by atoms with Gasteiger partial charge < -0.3 is 30.3 Å². The molecule has 8 nitrogen and oxygen atoms in total. The molecular weight excluding hydrogens is 468 g/mol. The lowest BCUT2D eigenvalue weighted by Crippen LogP contribution is -2.55. The summed E-state index contributed by atoms with van der Waals surface area (Å²) < 4.78 is -1.20. The first-order valence-electron chi connectivity index (χ1n) is 13.4. The summed E-state index contributed by atoms with van der Waals surface area (Å²) in [6.07, 6.45) is 2.84. The molecule has 200 valence electrons. The van der Waals surface area contributed by atoms with Gasteiger partial charge in [-0.2, -0.15) is 0 Å². The summed E-state index contributed by atoms with van der Waals surface area (Å²) in [5, 5.41) is 33.5. The maximum Gasteiger partial charge on any atom is 0.283 e. The molecule has 37 heavy (non-hydrogen) atoms. The number of carbonyl (C=O) groups is 2. The van der Waals surface area contributed by atoms with Crippen molar-refractivity contribution in [3.63, 3.8) is 0 Å². The number of likely N-dealkylation sites (tertiary alicyclic amines) is 2. The van der Waals surface area contributed by atoms with Crippen LogP contribution in [0.4, 0.5) is 11.4 Å². The normalized spacial score (nSPS) is 27.3. The van der Waals surface area contributed by atoms with Crippen molar-refractivity contribution in [3.05, 3.63) is 69.1 Å². The van der Waals surface area contributed by atoms with Gasteiger partial charge in [0, 0.05) is 43.5 Å². The van der Waals surface area contributed by atoms with Crippen molar-refractivity contribution >= 4 is 23.2 Å². The van der Waals surface area contributed by atoms with Crippen LogP contribution in [0.2, 0.25) is 0 Å². The Labute approximate surface area is 220 Å². The van der Waals surface area contributed by atoms with Crippen LogP contribution < -0.4 is 10.6 Å². The fourth-order valence-electron chi connectivity index (χ4n) is 6.15. The van der Waals surface area contributed by atoms with E-state index in [2.05, 4.69) is 10.6 Å². The molecule has 2 saturated heterocycles. The zero-order valence-corrected chi connectivity index (χ0v) is 22.5. The summed E-state index contributed by atoms with van der Waals surface area (Å²) in [6.45, 7) is 8.93. The molecule has 0 aromatic heterocycles. The maximum atomic E-state index is 13.7. The third-order valence-electron chi connectivity index (χ3n) is 8.30. The number of quaternary nitrogens is 2. The lowest BCUT2D eigenvalue weighted by molar-refractivity contribution is -0.902. The van der Waals surface area contributed by atoms with Crippen LogP contribution in [0.3, 0.4) is 0 Å². The third-order valence-corrected chi connectivity index (χ3v) is 8.30. The predicted octanol–water partition coefficient (Wildman–Crippen LogP) is 4.84. The Balaban J connectivity index is 1.38. The van der Waals surface area contributed by atoms with Crippen molar-refractivity contribution in [3.8, 4) is 0 Å². The zero-order chi connectivity index (χ0) is 26.8. The van der Waals surface area contributed by atoms with Gasteiger partial charge in [0.25, 0.3) is 11.8 Å². The summed E-state index contributed by atoms with van der Waals surface area (Å²) >= 11 is 0. The molecule has 0 spiro atoms. The largest absolute Gasteiger partial charge is 0.632 e. The highest BCUT2D eigenvalue weighted by Gasteiger charge is 2.43. The molecule has 2 N–H and O–H groups in total. The van der Waals surface area contributed by atoms with Crippen molar-refractivity contribution in [2.24, 2.45) is 0 Å². The fourth-order valence-corrected chi connectivity index (χ4v) is 6.15. The van der Waals surface area contributed by atoms with Crippen LogP contribution >= 0.6 is 0 Å². The number of anilines is 2. The average molecular weight is 509 g/mol. The molecule has 2 unspecified atom stereocenters. The van der Waals surface area contributed by atoms with Crippen LogP contribution in [0, 0.1) is 38.1 Å². The second-order valence-electron chi connectivity index (χ2n) is 11.0. The second kappa shape index (κ2) is 10.9. The Morgan fingerprint density at radius 3 is 1.43 bits per heavy atom. The minimum absolute atomic E-state index is 0.207. The van der Waals surface area contributed by atoms with Crippen molar-refractivity contribution < 1.29 is 18.9 Å². The fraction of sp³-hybridized carbons (Fsp3) is 0.517. The van der Waals surface area contributed by atoms with Gasteiger partial charge in [0.05, 0.1) is 26.2 Å². The molecule has 4 rings (SSSR count). The van der Waals surface area contributed by atoms with Crippen LogP contribution in [-0.2, 0) is 9.59 Å². The Bertz CT molecular complexity index is 1040. The van der Waals surface area contributed by atoms with Crippen LogP contribution in [-0.4, -0.2) is 59.4 Å². The number of hydroxylamine groups is 6. The van der Waals surface area contributed by atoms with Crippen molar-refractivity contribution in [2.75, 3.05) is 36.8 Å². The quantitative estimate of drug-likeness (QED) is 0.393. The van der Waals surface area contributed by atoms with Gasteiger partial charge in [0.2, 0.25) is 0 Å². The number of rotatable bonds is 8. The highest BCUT2D eigenvalue weighted by molar-refractivity contribution is 5.96. The maximum absolute atomic E-state index is 13.7. The Kier molecular flexibility index (Phi) is 8.04. The zero-order valence-electron chi connectivity index (χ0n) is 22.5. The molecule has 2 aromatic carbocycles. The molecule has 0 radical (unpaired) electrons. The van der Waals surface area contributed by atoms with Crippen LogP contribution in [0.5, 0.6) is 0 Å². The number of hydrogen-bond donors (Lipinski definition) is 2. The van der Waals surface area contributed by atoms with Gasteiger partial charge in [-0.1, -0.05) is 36.4 Å². The summed E-state index contributed by atoms with van der Waals surface area (Å²) in [5.41, 5.74) is 5.40. The van der Waals surface area contributed by atoms with Gasteiger partial charge in [0.15, 0.2) is 12.1 Å². The Morgan fingerprint density at radius 1 is 0.730 bits per heavy atom. The van der Waals surface area contributed by atoms with Gasteiger partial charge in [-0.25, -0.2) is 0 Å². The Hall–Kier alpha value is -2.78. The first-order valence-corrected chi connectivity index (χ1v) is 13.4. The number of benzene rings is 2. The van der Waals surface area contributed by atoms with Crippen molar-refractivity contribution in [2.45, 2.75) is 71.9 Å². The lowest BCUT2D eigenvalue weighted by atomic mass is 10.1. The summed E-state index contributed by atoms with van der Waals surface area (Å²) in [6, 6.07) is 10.3. The van der Waals surface area contributed by atoms with Crippen LogP contribution in [0.1, 0.15) is 54.4 Å². The number of carbonyl (C=O) groups excluding carboxylic acids is 2. The molecule has 2 heterocycles. The first-order chi connectivity index (χ1) is 17.5. The van der Waals surface area contributed by atoms with E-state index in [1.807, 2.05) is 64.1 Å². The van der Waals surface area contributed by atoms with Gasteiger partial charge in [-0.15, -0.1) is 0 Å². The van der Waals surface area contributed by atoms with E-state index in [4.69, 9.17) is 0 Å². The number of amides is 2. The van der Waals surface area contributed by atoms with Crippen molar-refractivity contribution in [1.29, 1.82) is 0 Å². The molecule has 0 bridgehead atoms. The molecule has 2 fully saturated rings. The molecule has 8 heteroatoms. The molecule has 2 aliphatic heterocycles. The van der Waals surface area contributed by atoms with Crippen molar-refractivity contribution in [1.82, 2.24) is 0 Å². The Morgan fingerprint density at radius 2 is 1.08 bits per heavy atom. The first kappa shape index (κ1) is 27.3. The van der Waals surface area contributed by atoms with E-state index >= 15 is 0 Å². The van der Waals surface area contributed by atoms with E-state index in [1.165, 1.54) is 0 Å². The summed E-state index contributed by atoms with van der Waals surface area (Å²) in [4.78, 5) is 26.3. The van der Waals surface area contributed by atoms with E-state index in [0.29, 0.717) is 45.2 Å². The van der Waals surface area contributed by atoms with E-state index in [0.717, 1.165) is 33.6 Å². The molecule has 4 atom stereocenters. The number of aryl methyl sites for hydroxylation is 4. The van der Waals surface area contributed by atoms with E-state index in [-0.39, 0.29) is 24.9 Å². The van der Waals surface area contributed by atoms with Crippen LogP contribution in [0.15, 0.2) is 36.4 Å². The smallest absolute Gasteiger partial charge is 0.283 e. The highest BCUT2D eigenvalue weighted by atomic mass is 16.6. The lowest BCUT2D eigenvalue weighted by Gasteiger charge is -2.46. The standard InChI is InChI=1S/C29H40N4O4/c1-20-10-5-11-21(2)26(20)30-28(34)24-14-7-16-32(24,36)18-9-19-33(37)17-8-15-25(33)29(35)31-27-22(3)12-6-13-23(27)4/h5-6,10-13,24-25H,7-9,14-19H2,1-4H3,(H,30,34)(H,31,35)/t24-,25-,32?,33?/m0/s1. The van der Waals surface area contributed by atoms with E-state index in [1.54, 1.807) is 0 Å². The molecule has 2 aliphatic rings. The average Bonchev–Trinajstić information content (AvgIpc) is 3.41. The number of nitrogens with zero attached hydrogens (tertiary/aromatic N) is 2. The highest BCUT2D eigenvalue weighted by Crippen LogP contribution is 2.32. The monoisotopic (exact) mass is 508 g/mol. The molecule has 2 amide bonds. The molecule has 0 aliphatic carbocycles. The SMILES string of the molecule is Cc1cccc(C)c1NC(=O)[C@@H]1CCC[N+]1([O-])CCC[N+]1([O-])CCC[C@H]1C(=O)Nc1c(C)cccc1C. The molecule has 2 aromatic rings. The van der Waals surface area contributed by atoms with Gasteiger partial charge in [-0.05, 0) is 49.9 Å². The predicted molar refractivity (Wildman–Crippen MR) is 146 cm³/mol. The number of hydrogen-bond acceptors (Lipinski definition) is 4. The van der Waals surface area contributed by atoms with Gasteiger partial charge in [-0.3, -0.25) is 9.59 Å². The summed E-state index contributed by atoms with van der Waals surface area (Å²) in [5.74, 6) is -0.495.